The van der Waals surface area contributed by atoms with Crippen LogP contribution in [0.5, 0.6) is 0 Å². The Morgan fingerprint density at radius 2 is 1.75 bits per heavy atom. The van der Waals surface area contributed by atoms with Crippen LogP contribution < -0.4 is 10.6 Å². The third-order valence-electron chi connectivity index (χ3n) is 4.44. The lowest BCUT2D eigenvalue weighted by molar-refractivity contribution is 0.251. The molecule has 0 saturated heterocycles. The number of anilines is 1. The summed E-state index contributed by atoms with van der Waals surface area (Å²) < 4.78 is 25.8. The molecule has 0 aliphatic rings. The molecule has 0 atom stereocenters. The molecule has 0 spiro atoms. The van der Waals surface area contributed by atoms with Crippen molar-refractivity contribution in [3.05, 3.63) is 83.7 Å². The van der Waals surface area contributed by atoms with Gasteiger partial charge in [0.1, 0.15) is 0 Å². The van der Waals surface area contributed by atoms with Gasteiger partial charge in [-0.15, -0.1) is 0 Å². The van der Waals surface area contributed by atoms with E-state index in [0.29, 0.717) is 17.1 Å². The third-order valence-corrected chi connectivity index (χ3v) is 6.36. The van der Waals surface area contributed by atoms with Crippen molar-refractivity contribution < 1.29 is 13.2 Å². The molecule has 7 heteroatoms. The number of hydrogen-bond donors (Lipinski definition) is 2. The number of hydrogen-bond acceptors (Lipinski definition) is 4. The normalized spacial score (nSPS) is 11.1. The van der Waals surface area contributed by atoms with Crippen LogP contribution in [0, 0.1) is 13.8 Å². The zero-order chi connectivity index (χ0) is 20.1. The van der Waals surface area contributed by atoms with Gasteiger partial charge < -0.3 is 10.6 Å². The summed E-state index contributed by atoms with van der Waals surface area (Å²) in [6.07, 6.45) is 3.34. The van der Waals surface area contributed by atoms with Gasteiger partial charge >= 0.3 is 6.03 Å². The third kappa shape index (κ3) is 4.37. The number of rotatable bonds is 5. The summed E-state index contributed by atoms with van der Waals surface area (Å²) in [5, 5.41) is 5.41. The summed E-state index contributed by atoms with van der Waals surface area (Å²) in [5.41, 5.74) is 3.04. The quantitative estimate of drug-likeness (QED) is 0.687. The van der Waals surface area contributed by atoms with Gasteiger partial charge in [-0.2, -0.15) is 0 Å². The van der Waals surface area contributed by atoms with Gasteiger partial charge in [0.25, 0.3) is 0 Å². The van der Waals surface area contributed by atoms with Crippen molar-refractivity contribution in [2.45, 2.75) is 30.2 Å². The fourth-order valence-electron chi connectivity index (χ4n) is 2.72. The maximum absolute atomic E-state index is 12.9. The van der Waals surface area contributed by atoms with Gasteiger partial charge in [0.15, 0.2) is 0 Å². The Balaban J connectivity index is 1.69. The molecule has 144 valence electrons. The zero-order valence-corrected chi connectivity index (χ0v) is 16.5. The molecule has 0 unspecified atom stereocenters. The second kappa shape index (κ2) is 8.22. The van der Waals surface area contributed by atoms with E-state index in [4.69, 9.17) is 0 Å². The van der Waals surface area contributed by atoms with E-state index in [2.05, 4.69) is 15.6 Å². The van der Waals surface area contributed by atoms with E-state index in [1.165, 1.54) is 12.1 Å². The number of carbonyl (C=O) groups excluding carboxylic acids is 1. The van der Waals surface area contributed by atoms with Crippen LogP contribution in [0.15, 0.2) is 76.8 Å². The number of urea groups is 1. The number of sulfone groups is 1. The molecular formula is C21H21N3O3S. The second-order valence-corrected chi connectivity index (χ2v) is 8.31. The molecule has 0 aliphatic carbocycles. The molecule has 3 rings (SSSR count). The maximum Gasteiger partial charge on any atom is 0.319 e. The van der Waals surface area contributed by atoms with Crippen LogP contribution in [0.2, 0.25) is 0 Å². The molecule has 2 amide bonds. The molecule has 1 aromatic heterocycles. The fourth-order valence-corrected chi connectivity index (χ4v) is 4.29. The summed E-state index contributed by atoms with van der Waals surface area (Å²) in [4.78, 5) is 16.5. The van der Waals surface area contributed by atoms with Crippen molar-refractivity contribution in [1.82, 2.24) is 10.3 Å². The van der Waals surface area contributed by atoms with Crippen LogP contribution in [0.4, 0.5) is 10.5 Å². The zero-order valence-electron chi connectivity index (χ0n) is 15.6. The Bertz CT molecular complexity index is 1080. The molecule has 0 radical (unpaired) electrons. The van der Waals surface area contributed by atoms with E-state index >= 15 is 0 Å². The average Bonchev–Trinajstić information content (AvgIpc) is 2.69. The van der Waals surface area contributed by atoms with Gasteiger partial charge in [-0.3, -0.25) is 4.98 Å². The average molecular weight is 395 g/mol. The molecule has 2 N–H and O–H groups in total. The van der Waals surface area contributed by atoms with Gasteiger partial charge in [-0.05, 0) is 66.9 Å². The molecule has 0 bridgehead atoms. The highest BCUT2D eigenvalue weighted by molar-refractivity contribution is 7.91. The first-order valence-electron chi connectivity index (χ1n) is 8.73. The van der Waals surface area contributed by atoms with E-state index in [-0.39, 0.29) is 10.9 Å². The van der Waals surface area contributed by atoms with Crippen LogP contribution >= 0.6 is 0 Å². The van der Waals surface area contributed by atoms with Crippen molar-refractivity contribution in [1.29, 1.82) is 0 Å². The topological polar surface area (TPSA) is 88.2 Å². The monoisotopic (exact) mass is 395 g/mol. The van der Waals surface area contributed by atoms with E-state index in [1.54, 1.807) is 49.6 Å². The summed E-state index contributed by atoms with van der Waals surface area (Å²) in [6.45, 7) is 4.02. The number of carbonyl (C=O) groups is 1. The summed E-state index contributed by atoms with van der Waals surface area (Å²) in [5.74, 6) is 0. The Morgan fingerprint density at radius 3 is 2.43 bits per heavy atom. The van der Waals surface area contributed by atoms with Gasteiger partial charge in [0.2, 0.25) is 9.84 Å². The van der Waals surface area contributed by atoms with E-state index in [1.807, 2.05) is 19.1 Å². The second-order valence-electron chi connectivity index (χ2n) is 6.39. The lowest BCUT2D eigenvalue weighted by Crippen LogP contribution is -2.28. The Kier molecular flexibility index (Phi) is 5.75. The highest BCUT2D eigenvalue weighted by Crippen LogP contribution is 2.26. The highest BCUT2D eigenvalue weighted by Gasteiger charge is 2.20. The molecule has 3 aromatic rings. The summed E-state index contributed by atoms with van der Waals surface area (Å²) in [7, 11) is -3.62. The Hall–Kier alpha value is -3.19. The first kappa shape index (κ1) is 19.6. The fraction of sp³-hybridized carbons (Fsp3) is 0.143. The molecule has 28 heavy (non-hydrogen) atoms. The first-order chi connectivity index (χ1) is 13.4. The van der Waals surface area contributed by atoms with Crippen LogP contribution in [0.3, 0.4) is 0 Å². The number of nitrogens with zero attached hydrogens (tertiary/aromatic N) is 1. The molecule has 0 saturated carbocycles. The van der Waals surface area contributed by atoms with E-state index in [0.717, 1.165) is 16.7 Å². The molecule has 1 heterocycles. The lowest BCUT2D eigenvalue weighted by Gasteiger charge is -2.11. The van der Waals surface area contributed by atoms with E-state index in [9.17, 15) is 13.2 Å². The number of aryl methyl sites for hydroxylation is 1. The summed E-state index contributed by atoms with van der Waals surface area (Å²) in [6, 6.07) is 14.6. The number of benzene rings is 2. The largest absolute Gasteiger partial charge is 0.334 e. The van der Waals surface area contributed by atoms with Crippen molar-refractivity contribution in [2.24, 2.45) is 0 Å². The molecule has 0 fully saturated rings. The predicted molar refractivity (Wildman–Crippen MR) is 108 cm³/mol. The van der Waals surface area contributed by atoms with Crippen LogP contribution in [0.1, 0.15) is 16.7 Å². The van der Waals surface area contributed by atoms with Crippen LogP contribution in [-0.4, -0.2) is 19.4 Å². The van der Waals surface area contributed by atoms with Gasteiger partial charge in [-0.1, -0.05) is 18.2 Å². The number of aromatic nitrogens is 1. The standard InChI is InChI=1S/C21H21N3O3S/c1-15-5-3-7-20(16(15)2)28(26,27)19-10-8-18(9-11-19)24-21(25)23-14-17-6-4-12-22-13-17/h3-13H,14H2,1-2H3,(H2,23,24,25). The number of pyridine rings is 1. The van der Waals surface area contributed by atoms with Gasteiger partial charge in [0.05, 0.1) is 9.79 Å². The van der Waals surface area contributed by atoms with Crippen molar-refractivity contribution >= 4 is 21.6 Å². The SMILES string of the molecule is Cc1cccc(S(=O)(=O)c2ccc(NC(=O)NCc3cccnc3)cc2)c1C. The van der Waals surface area contributed by atoms with Crippen molar-refractivity contribution in [3.8, 4) is 0 Å². The van der Waals surface area contributed by atoms with Crippen LogP contribution in [-0.2, 0) is 16.4 Å². The minimum atomic E-state index is -3.62. The smallest absolute Gasteiger partial charge is 0.319 e. The molecular weight excluding hydrogens is 374 g/mol. The maximum atomic E-state index is 12.9. The summed E-state index contributed by atoms with van der Waals surface area (Å²) >= 11 is 0. The number of amides is 2. The number of nitrogens with one attached hydrogen (secondary N) is 2. The van der Waals surface area contributed by atoms with Gasteiger partial charge in [-0.25, -0.2) is 13.2 Å². The Labute approximate surface area is 164 Å². The predicted octanol–water partition coefficient (Wildman–Crippen LogP) is 3.85. The lowest BCUT2D eigenvalue weighted by atomic mass is 10.1. The van der Waals surface area contributed by atoms with Crippen molar-refractivity contribution in [3.63, 3.8) is 0 Å². The Morgan fingerprint density at radius 1 is 1.00 bits per heavy atom. The minimum absolute atomic E-state index is 0.183. The van der Waals surface area contributed by atoms with E-state index < -0.39 is 9.84 Å². The van der Waals surface area contributed by atoms with Gasteiger partial charge in [0, 0.05) is 24.6 Å². The minimum Gasteiger partial charge on any atom is -0.334 e. The molecule has 2 aromatic carbocycles. The highest BCUT2D eigenvalue weighted by atomic mass is 32.2. The molecule has 0 aliphatic heterocycles. The first-order valence-corrected chi connectivity index (χ1v) is 10.2. The van der Waals surface area contributed by atoms with Crippen LogP contribution in [0.25, 0.3) is 0 Å². The van der Waals surface area contributed by atoms with Crippen molar-refractivity contribution in [2.75, 3.05) is 5.32 Å². The molecule has 6 nitrogen and oxygen atoms in total.